The van der Waals surface area contributed by atoms with E-state index in [0.717, 1.165) is 0 Å². The predicted molar refractivity (Wildman–Crippen MR) is 64.9 cm³/mol. The van der Waals surface area contributed by atoms with E-state index < -0.39 is 6.09 Å². The molecular weight excluding hydrogens is 236 g/mol. The van der Waals surface area contributed by atoms with Crippen LogP contribution in [0.3, 0.4) is 0 Å². The Morgan fingerprint density at radius 2 is 1.94 bits per heavy atom. The summed E-state index contributed by atoms with van der Waals surface area (Å²) in [6.07, 6.45) is -0.624. The number of hydrogen-bond donors (Lipinski definition) is 1. The van der Waals surface area contributed by atoms with Crippen molar-refractivity contribution in [3.8, 4) is 17.6 Å². The third-order valence-corrected chi connectivity index (χ3v) is 2.16. The van der Waals surface area contributed by atoms with Gasteiger partial charge < -0.3 is 14.2 Å². The first-order valence-electron chi connectivity index (χ1n) is 5.26. The zero-order chi connectivity index (χ0) is 13.5. The van der Waals surface area contributed by atoms with E-state index in [-0.39, 0.29) is 12.2 Å². The highest BCUT2D eigenvalue weighted by Crippen LogP contribution is 2.32. The lowest BCUT2D eigenvalue weighted by Gasteiger charge is -2.12. The lowest BCUT2D eigenvalue weighted by atomic mass is 10.1. The Bertz CT molecular complexity index is 480. The highest BCUT2D eigenvalue weighted by atomic mass is 16.5. The molecule has 96 valence electrons. The second-order valence-electron chi connectivity index (χ2n) is 3.21. The quantitative estimate of drug-likeness (QED) is 0.885. The van der Waals surface area contributed by atoms with Gasteiger partial charge in [0.2, 0.25) is 0 Å². The van der Waals surface area contributed by atoms with E-state index in [1.807, 2.05) is 6.07 Å². The third kappa shape index (κ3) is 3.04. The molecule has 0 radical (unpaired) electrons. The Morgan fingerprint density at radius 3 is 2.44 bits per heavy atom. The zero-order valence-electron chi connectivity index (χ0n) is 10.4. The van der Waals surface area contributed by atoms with Gasteiger partial charge in [0.05, 0.1) is 32.1 Å². The first kappa shape index (κ1) is 13.6. The summed E-state index contributed by atoms with van der Waals surface area (Å²) in [5.74, 6) is 0.840. The van der Waals surface area contributed by atoms with Gasteiger partial charge >= 0.3 is 6.09 Å². The molecule has 6 nitrogen and oxygen atoms in total. The lowest BCUT2D eigenvalue weighted by Crippen LogP contribution is -2.14. The van der Waals surface area contributed by atoms with Crippen molar-refractivity contribution in [1.29, 1.82) is 5.26 Å². The van der Waals surface area contributed by atoms with Gasteiger partial charge in [-0.1, -0.05) is 0 Å². The largest absolute Gasteiger partial charge is 0.493 e. The molecular formula is C12H14N2O4. The topological polar surface area (TPSA) is 80.6 Å². The Morgan fingerprint density at radius 1 is 1.33 bits per heavy atom. The van der Waals surface area contributed by atoms with Crippen LogP contribution in [-0.2, 0) is 4.74 Å². The third-order valence-electron chi connectivity index (χ3n) is 2.16. The van der Waals surface area contributed by atoms with Crippen LogP contribution in [0.1, 0.15) is 12.5 Å². The zero-order valence-corrected chi connectivity index (χ0v) is 10.4. The number of nitriles is 1. The van der Waals surface area contributed by atoms with Crippen LogP contribution in [0.15, 0.2) is 12.1 Å². The van der Waals surface area contributed by atoms with Crippen molar-refractivity contribution < 1.29 is 19.0 Å². The van der Waals surface area contributed by atoms with Gasteiger partial charge in [-0.05, 0) is 6.92 Å². The maximum atomic E-state index is 11.3. The molecule has 1 amide bonds. The van der Waals surface area contributed by atoms with Crippen molar-refractivity contribution in [3.63, 3.8) is 0 Å². The smallest absolute Gasteiger partial charge is 0.411 e. The molecule has 0 aliphatic rings. The lowest BCUT2D eigenvalue weighted by molar-refractivity contribution is 0.168. The number of benzene rings is 1. The Labute approximate surface area is 105 Å². The second-order valence-corrected chi connectivity index (χ2v) is 3.21. The molecule has 1 rings (SSSR count). The van der Waals surface area contributed by atoms with Crippen LogP contribution in [-0.4, -0.2) is 26.9 Å². The Hall–Kier alpha value is -2.42. The number of amides is 1. The van der Waals surface area contributed by atoms with Crippen molar-refractivity contribution in [2.75, 3.05) is 26.1 Å². The molecule has 0 bridgehead atoms. The molecule has 1 N–H and O–H groups in total. The summed E-state index contributed by atoms with van der Waals surface area (Å²) >= 11 is 0. The number of ether oxygens (including phenoxy) is 3. The van der Waals surface area contributed by atoms with E-state index in [2.05, 4.69) is 5.32 Å². The highest BCUT2D eigenvalue weighted by molar-refractivity contribution is 5.87. The van der Waals surface area contributed by atoms with E-state index in [1.54, 1.807) is 6.92 Å². The van der Waals surface area contributed by atoms with E-state index in [9.17, 15) is 4.79 Å². The van der Waals surface area contributed by atoms with Crippen molar-refractivity contribution in [2.24, 2.45) is 0 Å². The van der Waals surface area contributed by atoms with Crippen LogP contribution in [0.25, 0.3) is 0 Å². The van der Waals surface area contributed by atoms with Crippen molar-refractivity contribution in [1.82, 2.24) is 0 Å². The summed E-state index contributed by atoms with van der Waals surface area (Å²) in [6.45, 7) is 1.94. The van der Waals surface area contributed by atoms with Crippen molar-refractivity contribution in [2.45, 2.75) is 6.92 Å². The van der Waals surface area contributed by atoms with Gasteiger partial charge in [0.25, 0.3) is 0 Å². The minimum atomic E-state index is -0.624. The number of rotatable bonds is 4. The maximum absolute atomic E-state index is 11.3. The number of methoxy groups -OCH3 is 2. The SMILES string of the molecule is CCOC(=O)Nc1cc(OC)c(OC)cc1C#N. The molecule has 0 aromatic heterocycles. The summed E-state index contributed by atoms with van der Waals surface area (Å²) in [5.41, 5.74) is 0.578. The number of nitrogens with zero attached hydrogens (tertiary/aromatic N) is 1. The maximum Gasteiger partial charge on any atom is 0.411 e. The molecule has 0 saturated heterocycles. The van der Waals surface area contributed by atoms with Gasteiger partial charge in [-0.15, -0.1) is 0 Å². The summed E-state index contributed by atoms with van der Waals surface area (Å²) in [5, 5.41) is 11.5. The number of anilines is 1. The van der Waals surface area contributed by atoms with Crippen LogP contribution in [0.4, 0.5) is 10.5 Å². The van der Waals surface area contributed by atoms with Crippen LogP contribution in [0.2, 0.25) is 0 Å². The molecule has 0 aliphatic carbocycles. The Balaban J connectivity index is 3.10. The number of carbonyl (C=O) groups excluding carboxylic acids is 1. The van der Waals surface area contributed by atoms with Gasteiger partial charge in [-0.25, -0.2) is 4.79 Å². The van der Waals surface area contributed by atoms with E-state index >= 15 is 0 Å². The minimum absolute atomic E-state index is 0.251. The summed E-state index contributed by atoms with van der Waals surface area (Å²) in [7, 11) is 2.94. The molecule has 0 spiro atoms. The van der Waals surface area contributed by atoms with Crippen LogP contribution in [0, 0.1) is 11.3 Å². The molecule has 6 heteroatoms. The molecule has 1 aromatic carbocycles. The fourth-order valence-electron chi connectivity index (χ4n) is 1.35. The van der Waals surface area contributed by atoms with Gasteiger partial charge in [0, 0.05) is 12.1 Å². The molecule has 0 heterocycles. The standard InChI is InChI=1S/C12H14N2O4/c1-4-18-12(15)14-9-6-11(17-3)10(16-2)5-8(9)7-13/h5-6H,4H2,1-3H3,(H,14,15). The van der Waals surface area contributed by atoms with Crippen LogP contribution < -0.4 is 14.8 Å². The number of carbonyl (C=O) groups is 1. The van der Waals surface area contributed by atoms with Gasteiger partial charge in [-0.2, -0.15) is 5.26 Å². The fraction of sp³-hybridized carbons (Fsp3) is 0.333. The van der Waals surface area contributed by atoms with E-state index in [1.165, 1.54) is 26.4 Å². The number of nitrogens with one attached hydrogen (secondary N) is 1. The molecule has 18 heavy (non-hydrogen) atoms. The second kappa shape index (κ2) is 6.35. The monoisotopic (exact) mass is 250 g/mol. The highest BCUT2D eigenvalue weighted by Gasteiger charge is 2.13. The summed E-state index contributed by atoms with van der Waals surface area (Å²) < 4.78 is 14.9. The average Bonchev–Trinajstić information content (AvgIpc) is 2.38. The molecule has 0 atom stereocenters. The molecule has 1 aromatic rings. The van der Waals surface area contributed by atoms with Gasteiger partial charge in [0.15, 0.2) is 11.5 Å². The van der Waals surface area contributed by atoms with E-state index in [4.69, 9.17) is 19.5 Å². The summed E-state index contributed by atoms with van der Waals surface area (Å²) in [6, 6.07) is 4.96. The summed E-state index contributed by atoms with van der Waals surface area (Å²) in [4.78, 5) is 11.3. The number of hydrogen-bond acceptors (Lipinski definition) is 5. The van der Waals surface area contributed by atoms with Crippen LogP contribution in [0.5, 0.6) is 11.5 Å². The Kier molecular flexibility index (Phi) is 4.81. The van der Waals surface area contributed by atoms with Crippen molar-refractivity contribution >= 4 is 11.8 Å². The average molecular weight is 250 g/mol. The first-order chi connectivity index (χ1) is 8.65. The molecule has 0 aliphatic heterocycles. The van der Waals surface area contributed by atoms with Gasteiger partial charge in [-0.3, -0.25) is 5.32 Å². The minimum Gasteiger partial charge on any atom is -0.493 e. The van der Waals surface area contributed by atoms with Crippen LogP contribution >= 0.6 is 0 Å². The van der Waals surface area contributed by atoms with E-state index in [0.29, 0.717) is 17.2 Å². The molecule has 0 fully saturated rings. The molecule has 0 unspecified atom stereocenters. The first-order valence-corrected chi connectivity index (χ1v) is 5.26. The normalized spacial score (nSPS) is 9.22. The molecule has 0 saturated carbocycles. The predicted octanol–water partition coefficient (Wildman–Crippen LogP) is 2.14. The van der Waals surface area contributed by atoms with Crippen molar-refractivity contribution in [3.05, 3.63) is 17.7 Å². The fourth-order valence-corrected chi connectivity index (χ4v) is 1.35. The van der Waals surface area contributed by atoms with Gasteiger partial charge in [0.1, 0.15) is 6.07 Å².